The average Bonchev–Trinajstić information content (AvgIpc) is 2.96. The monoisotopic (exact) mass is 780 g/mol. The topological polar surface area (TPSA) is 167 Å². The minimum atomic E-state index is -1.53. The number of carbonyl (C=O) groups excluding carboxylic acids is 4. The van der Waals surface area contributed by atoms with Gasteiger partial charge in [0.2, 0.25) is 0 Å². The first-order chi connectivity index (χ1) is 21.1. The molecule has 0 unspecified atom stereocenters. The van der Waals surface area contributed by atoms with Gasteiger partial charge in [0.25, 0.3) is 0 Å². The third kappa shape index (κ3) is 37.3. The average molecular weight is 781 g/mol. The summed E-state index contributed by atoms with van der Waals surface area (Å²) in [4.78, 5) is 49.5. The van der Waals surface area contributed by atoms with Crippen LogP contribution in [0.1, 0.15) is 155 Å². The number of carbonyl (C=O) groups is 4. The Balaban J connectivity index is -0.00000154. The van der Waals surface area contributed by atoms with Crippen LogP contribution in [0.3, 0.4) is 0 Å². The zero-order valence-electron chi connectivity index (χ0n) is 31.7. The normalized spacial score (nSPS) is 11.8. The van der Waals surface area contributed by atoms with Crippen LogP contribution in [-0.4, -0.2) is 71.9 Å². The molecule has 0 bridgehead atoms. The molecule has 258 valence electrons. The Bertz CT molecular complexity index is 721. The quantitative estimate of drug-likeness (QED) is 0.0461. The van der Waals surface area contributed by atoms with Gasteiger partial charge in [0.15, 0.2) is 0 Å². The maximum absolute atomic E-state index is 11.9. The van der Waals surface area contributed by atoms with E-state index >= 15 is 0 Å². The summed E-state index contributed by atoms with van der Waals surface area (Å²) in [6.07, 6.45) is 20.3. The molecule has 48 heavy (non-hydrogen) atoms. The van der Waals surface area contributed by atoms with Gasteiger partial charge in [-0.25, -0.2) is 0 Å². The third-order valence-electron chi connectivity index (χ3n) is 8.42. The van der Waals surface area contributed by atoms with Gasteiger partial charge in [-0.1, -0.05) is 129 Å². The zero-order valence-corrected chi connectivity index (χ0v) is 44.2. The molecule has 2 atom stereocenters. The zero-order chi connectivity index (χ0) is 33.0. The molecule has 0 aromatic carbocycles. The fraction of sp³-hybridized carbons (Fsp3) is 0.882. The first-order valence-electron chi connectivity index (χ1n) is 17.4. The van der Waals surface area contributed by atoms with E-state index in [1.807, 2.05) is 0 Å². The summed E-state index contributed by atoms with van der Waals surface area (Å²) in [6.45, 7) is 5.05. The maximum atomic E-state index is 11.9. The van der Waals surface area contributed by atoms with E-state index < -0.39 is 48.8 Å². The van der Waals surface area contributed by atoms with Crippen molar-refractivity contribution in [2.24, 2.45) is 0 Å². The van der Waals surface area contributed by atoms with Crippen LogP contribution in [0, 0.1) is 0 Å². The molecule has 0 amide bonds. The number of hydrogen-bond acceptors (Lipinski definition) is 10. The van der Waals surface area contributed by atoms with Crippen molar-refractivity contribution in [3.63, 3.8) is 0 Å². The van der Waals surface area contributed by atoms with E-state index in [1.165, 1.54) is 74.0 Å². The molecule has 0 aliphatic heterocycles. The predicted molar refractivity (Wildman–Crippen MR) is 164 cm³/mol. The van der Waals surface area contributed by atoms with Crippen molar-refractivity contribution in [3.8, 4) is 0 Å². The van der Waals surface area contributed by atoms with E-state index in [0.717, 1.165) is 51.4 Å². The first kappa shape index (κ1) is 61.6. The van der Waals surface area contributed by atoms with Gasteiger partial charge >= 0.3 is 206 Å². The van der Waals surface area contributed by atoms with Gasteiger partial charge in [-0.2, -0.15) is 0 Å². The van der Waals surface area contributed by atoms with E-state index in [9.17, 15) is 39.6 Å². The number of rotatable bonds is 33. The van der Waals surface area contributed by atoms with Gasteiger partial charge in [-0.15, -0.1) is 0 Å². The first-order valence-corrected chi connectivity index (χ1v) is 17.4. The number of carboxylic acids is 4. The summed E-state index contributed by atoms with van der Waals surface area (Å²) >= 11 is 0. The number of carboxylic acid groups (broad SMARTS) is 4. The molecule has 0 aliphatic rings. The molecule has 0 rings (SSSR count). The molecule has 0 heterocycles. The maximum Gasteiger partial charge on any atom is 1.00 e. The molecule has 14 heteroatoms. The molecule has 0 radical (unpaired) electrons. The standard InChI is InChI=1S/C34H64N2O8.4K/c1-3-5-7-9-11-13-15-17-19-21-23-35(29(33(41)42)27-31(37)38)25-26-36(30(34(43)44)28-32(39)40)24-22-20-18-16-14-12-10-8-6-4-2;;;;/h29-30H,3-28H2,1-2H3,(H,37,38)(H,39,40)(H,41,42)(H,43,44);;;;/q;4*+1/p-4/t29-,30-;;;;/m0..../s1. The summed E-state index contributed by atoms with van der Waals surface area (Å²) in [5.74, 6) is -6.10. The van der Waals surface area contributed by atoms with E-state index in [-0.39, 0.29) is 219 Å². The second-order valence-electron chi connectivity index (χ2n) is 12.3. The van der Waals surface area contributed by atoms with Gasteiger partial charge in [-0.05, 0) is 25.9 Å². The fourth-order valence-corrected chi connectivity index (χ4v) is 5.75. The Morgan fingerprint density at radius 2 is 0.625 bits per heavy atom. The minimum absolute atomic E-state index is 0. The van der Waals surface area contributed by atoms with E-state index in [2.05, 4.69) is 13.8 Å². The van der Waals surface area contributed by atoms with Gasteiger partial charge in [0.1, 0.15) is 0 Å². The number of unbranched alkanes of at least 4 members (excludes halogenated alkanes) is 18. The largest absolute Gasteiger partial charge is 1.00 e. The molecule has 0 saturated heterocycles. The summed E-state index contributed by atoms with van der Waals surface area (Å²) in [7, 11) is 0. The SMILES string of the molecule is CCCCCCCCCCCCN(CCN(CCCCCCCCCCCC)[C@@H](CC(=O)[O-])C(=O)[O-])[C@@H](CC(=O)[O-])C(=O)[O-].[K+].[K+].[K+].[K+]. The van der Waals surface area contributed by atoms with Crippen molar-refractivity contribution in [1.29, 1.82) is 0 Å². The van der Waals surface area contributed by atoms with E-state index in [0.29, 0.717) is 25.9 Å². The molecular formula is C34H60K4N2O8. The van der Waals surface area contributed by atoms with Gasteiger partial charge in [-0.3, -0.25) is 9.80 Å². The van der Waals surface area contributed by atoms with Gasteiger partial charge in [0.05, 0.1) is 24.0 Å². The Morgan fingerprint density at radius 1 is 0.396 bits per heavy atom. The van der Waals surface area contributed by atoms with Crippen LogP contribution in [0.2, 0.25) is 0 Å². The van der Waals surface area contributed by atoms with Crippen LogP contribution in [-0.2, 0) is 19.2 Å². The second kappa shape index (κ2) is 44.1. The molecular weight excluding hydrogens is 721 g/mol. The number of aliphatic carboxylic acids is 4. The van der Waals surface area contributed by atoms with Crippen LogP contribution < -0.4 is 226 Å². The third-order valence-corrected chi connectivity index (χ3v) is 8.42. The van der Waals surface area contributed by atoms with Gasteiger partial charge in [0, 0.05) is 37.9 Å². The fourth-order valence-electron chi connectivity index (χ4n) is 5.75. The Labute approximate surface area is 462 Å². The van der Waals surface area contributed by atoms with Crippen molar-refractivity contribution < 1.29 is 245 Å². The van der Waals surface area contributed by atoms with Crippen LogP contribution >= 0.6 is 0 Å². The minimum Gasteiger partial charge on any atom is -0.550 e. The number of nitrogens with zero attached hydrogens (tertiary/aromatic N) is 2. The van der Waals surface area contributed by atoms with E-state index in [4.69, 9.17) is 0 Å². The smallest absolute Gasteiger partial charge is 0.550 e. The molecule has 0 fully saturated rings. The Kier molecular flexibility index (Phi) is 56.5. The Hall–Kier alpha value is 4.35. The van der Waals surface area contributed by atoms with Gasteiger partial charge < -0.3 is 39.6 Å². The van der Waals surface area contributed by atoms with Crippen LogP contribution in [0.5, 0.6) is 0 Å². The second-order valence-corrected chi connectivity index (χ2v) is 12.3. The van der Waals surface area contributed by atoms with Crippen molar-refractivity contribution in [2.75, 3.05) is 26.2 Å². The van der Waals surface area contributed by atoms with Crippen LogP contribution in [0.25, 0.3) is 0 Å². The van der Waals surface area contributed by atoms with Crippen LogP contribution in [0.15, 0.2) is 0 Å². The molecule has 0 aromatic heterocycles. The summed E-state index contributed by atoms with van der Waals surface area (Å²) in [5.41, 5.74) is 0. The van der Waals surface area contributed by atoms with Crippen LogP contribution in [0.4, 0.5) is 0 Å². The van der Waals surface area contributed by atoms with Crippen molar-refractivity contribution >= 4 is 23.9 Å². The van der Waals surface area contributed by atoms with Crippen molar-refractivity contribution in [2.45, 2.75) is 167 Å². The summed E-state index contributed by atoms with van der Waals surface area (Å²) in [6, 6.07) is -2.86. The Morgan fingerprint density at radius 3 is 0.833 bits per heavy atom. The number of hydrogen-bond donors (Lipinski definition) is 0. The van der Waals surface area contributed by atoms with E-state index in [1.54, 1.807) is 0 Å². The predicted octanol–water partition coefficient (Wildman–Crippen LogP) is -10.0. The van der Waals surface area contributed by atoms with Crippen molar-refractivity contribution in [3.05, 3.63) is 0 Å². The molecule has 0 aromatic rings. The summed E-state index contributed by atoms with van der Waals surface area (Å²) in [5, 5.41) is 46.5. The molecule has 10 nitrogen and oxygen atoms in total. The molecule has 0 N–H and O–H groups in total. The summed E-state index contributed by atoms with van der Waals surface area (Å²) < 4.78 is 0. The molecule has 0 saturated carbocycles. The molecule has 0 spiro atoms. The molecule has 0 aliphatic carbocycles. The van der Waals surface area contributed by atoms with Crippen molar-refractivity contribution in [1.82, 2.24) is 9.80 Å².